The van der Waals surface area contributed by atoms with Crippen LogP contribution in [0.3, 0.4) is 0 Å². The van der Waals surface area contributed by atoms with Crippen molar-refractivity contribution < 1.29 is 13.6 Å². The van der Waals surface area contributed by atoms with E-state index in [1.165, 1.54) is 0 Å². The fraction of sp³-hybridized carbons (Fsp3) is 0. The van der Waals surface area contributed by atoms with Crippen molar-refractivity contribution in [2.75, 3.05) is 0 Å². The summed E-state index contributed by atoms with van der Waals surface area (Å²) in [4.78, 5) is 0.621. The minimum absolute atomic E-state index is 0.482. The van der Waals surface area contributed by atoms with E-state index in [9.17, 15) is 4.57 Å². The molecule has 126 valence electrons. The molecule has 3 aromatic rings. The first-order valence-electron chi connectivity index (χ1n) is 7.68. The zero-order valence-electron chi connectivity index (χ0n) is 13.4. The summed E-state index contributed by atoms with van der Waals surface area (Å²) in [5, 5.41) is 0. The van der Waals surface area contributed by atoms with Crippen LogP contribution in [-0.2, 0) is 4.57 Å². The molecule has 0 aliphatic carbocycles. The Morgan fingerprint density at radius 3 is 1.56 bits per heavy atom. The molecule has 0 aliphatic rings. The van der Waals surface area contributed by atoms with Gasteiger partial charge < -0.3 is 9.05 Å². The van der Waals surface area contributed by atoms with Crippen molar-refractivity contribution >= 4 is 23.1 Å². The highest BCUT2D eigenvalue weighted by atomic mass is 32.7. The molecule has 3 nitrogen and oxygen atoms in total. The lowest BCUT2D eigenvalue weighted by molar-refractivity contribution is 0.408. The third kappa shape index (κ3) is 5.02. The maximum atomic E-state index is 13.4. The summed E-state index contributed by atoms with van der Waals surface area (Å²) < 4.78 is 24.9. The Morgan fingerprint density at radius 2 is 1.12 bits per heavy atom. The van der Waals surface area contributed by atoms with Gasteiger partial charge in [-0.2, -0.15) is 0 Å². The first kappa shape index (κ1) is 17.4. The molecular weight excluding hydrogens is 351 g/mol. The summed E-state index contributed by atoms with van der Waals surface area (Å²) in [5.41, 5.74) is 0.876. The summed E-state index contributed by atoms with van der Waals surface area (Å²) in [6, 6.07) is 27.5. The fourth-order valence-electron chi connectivity index (χ4n) is 2.09. The van der Waals surface area contributed by atoms with E-state index in [4.69, 9.17) is 9.05 Å². The monoisotopic (exact) mass is 368 g/mol. The van der Waals surface area contributed by atoms with E-state index in [2.05, 4.69) is 6.58 Å². The van der Waals surface area contributed by atoms with Crippen LogP contribution in [0.5, 0.6) is 11.5 Å². The molecule has 3 rings (SSSR count). The van der Waals surface area contributed by atoms with Gasteiger partial charge in [-0.3, -0.25) is 0 Å². The van der Waals surface area contributed by atoms with Crippen LogP contribution in [0.15, 0.2) is 97.6 Å². The summed E-state index contributed by atoms with van der Waals surface area (Å²) in [6.07, 6.45) is 0. The maximum absolute atomic E-state index is 13.4. The van der Waals surface area contributed by atoms with Gasteiger partial charge in [0.15, 0.2) is 0 Å². The summed E-state index contributed by atoms with van der Waals surface area (Å²) >= 11 is 1.01. The molecule has 0 aliphatic heterocycles. The lowest BCUT2D eigenvalue weighted by Gasteiger charge is -2.20. The van der Waals surface area contributed by atoms with E-state index in [1.54, 1.807) is 24.3 Å². The summed E-state index contributed by atoms with van der Waals surface area (Å²) in [5.74, 6) is 0.963. The van der Waals surface area contributed by atoms with Crippen molar-refractivity contribution in [3.63, 3.8) is 0 Å². The Labute approximate surface area is 151 Å². The molecule has 0 fully saturated rings. The molecule has 3 aromatic carbocycles. The average molecular weight is 368 g/mol. The minimum atomic E-state index is -3.57. The molecule has 25 heavy (non-hydrogen) atoms. The van der Waals surface area contributed by atoms with Crippen LogP contribution in [0.25, 0.3) is 4.91 Å². The Bertz CT molecular complexity index is 822. The number of benzene rings is 3. The molecule has 5 heteroatoms. The molecule has 0 atom stereocenters. The highest BCUT2D eigenvalue weighted by molar-refractivity contribution is 8.59. The highest BCUT2D eigenvalue weighted by Gasteiger charge is 2.31. The quantitative estimate of drug-likeness (QED) is 0.437. The molecule has 0 N–H and O–H groups in total. The fourth-order valence-corrected chi connectivity index (χ4v) is 5.34. The van der Waals surface area contributed by atoms with Crippen LogP contribution in [0.1, 0.15) is 5.56 Å². The van der Waals surface area contributed by atoms with E-state index in [1.807, 2.05) is 66.7 Å². The zero-order valence-corrected chi connectivity index (χ0v) is 15.2. The number of hydrogen-bond donors (Lipinski definition) is 0. The van der Waals surface area contributed by atoms with Crippen LogP contribution in [0.4, 0.5) is 0 Å². The van der Waals surface area contributed by atoms with E-state index >= 15 is 0 Å². The van der Waals surface area contributed by atoms with Gasteiger partial charge in [-0.25, -0.2) is 4.57 Å². The van der Waals surface area contributed by atoms with E-state index in [0.717, 1.165) is 16.9 Å². The normalized spacial score (nSPS) is 10.9. The van der Waals surface area contributed by atoms with Crippen LogP contribution in [0, 0.1) is 0 Å². The van der Waals surface area contributed by atoms with Crippen LogP contribution in [-0.4, -0.2) is 0 Å². The second kappa shape index (κ2) is 8.11. The molecule has 0 aromatic heterocycles. The Balaban J connectivity index is 1.85. The first-order valence-corrected chi connectivity index (χ1v) is 10.6. The lowest BCUT2D eigenvalue weighted by atomic mass is 10.2. The van der Waals surface area contributed by atoms with Crippen molar-refractivity contribution in [1.82, 2.24) is 0 Å². The van der Waals surface area contributed by atoms with E-state index < -0.39 is 6.80 Å². The predicted octanol–water partition coefficient (Wildman–Crippen LogP) is 6.66. The standard InChI is InChI=1S/C20H17O3PS/c1-17(18-11-5-2-6-12-18)25-24(21,22-19-13-7-3-8-14-19)23-20-15-9-4-10-16-20/h2-16H,1H2. The van der Waals surface area contributed by atoms with E-state index in [-0.39, 0.29) is 0 Å². The van der Waals surface area contributed by atoms with Crippen molar-refractivity contribution in [2.24, 2.45) is 0 Å². The molecule has 0 saturated carbocycles. The summed E-state index contributed by atoms with van der Waals surface area (Å²) in [6.45, 7) is 0.456. The van der Waals surface area contributed by atoms with Gasteiger partial charge in [0.25, 0.3) is 0 Å². The van der Waals surface area contributed by atoms with Gasteiger partial charge in [0.05, 0.1) is 0 Å². The third-order valence-electron chi connectivity index (χ3n) is 3.24. The zero-order chi connectivity index (χ0) is 17.5. The second-order valence-electron chi connectivity index (χ2n) is 5.14. The Morgan fingerprint density at radius 1 is 0.720 bits per heavy atom. The molecule has 0 radical (unpaired) electrons. The van der Waals surface area contributed by atoms with E-state index in [0.29, 0.717) is 16.4 Å². The van der Waals surface area contributed by atoms with Gasteiger partial charge in [-0.15, -0.1) is 0 Å². The number of rotatable bonds is 7. The highest BCUT2D eigenvalue weighted by Crippen LogP contribution is 2.63. The van der Waals surface area contributed by atoms with Gasteiger partial charge in [-0.05, 0) is 29.8 Å². The van der Waals surface area contributed by atoms with Gasteiger partial charge in [-0.1, -0.05) is 73.3 Å². The van der Waals surface area contributed by atoms with Crippen molar-refractivity contribution in [2.45, 2.75) is 0 Å². The van der Waals surface area contributed by atoms with Crippen LogP contribution in [0.2, 0.25) is 0 Å². The average Bonchev–Trinajstić information content (AvgIpc) is 2.64. The SMILES string of the molecule is C=C(SP(=O)(Oc1ccccc1)Oc1ccccc1)c1ccccc1. The van der Waals surface area contributed by atoms with Crippen molar-refractivity contribution in [1.29, 1.82) is 0 Å². The van der Waals surface area contributed by atoms with Gasteiger partial charge in [0, 0.05) is 16.3 Å². The third-order valence-corrected chi connectivity index (χ3v) is 6.57. The summed E-state index contributed by atoms with van der Waals surface area (Å²) in [7, 11) is 0. The van der Waals surface area contributed by atoms with Crippen LogP contribution < -0.4 is 9.05 Å². The Hall–Kier alpha value is -2.42. The van der Waals surface area contributed by atoms with Gasteiger partial charge >= 0.3 is 6.80 Å². The molecule has 0 spiro atoms. The number of hydrogen-bond acceptors (Lipinski definition) is 4. The number of para-hydroxylation sites is 2. The molecule has 0 bridgehead atoms. The first-order chi connectivity index (χ1) is 12.1. The predicted molar refractivity (Wildman–Crippen MR) is 105 cm³/mol. The van der Waals surface area contributed by atoms with Crippen molar-refractivity contribution in [3.05, 3.63) is 103 Å². The molecule has 0 amide bonds. The van der Waals surface area contributed by atoms with Gasteiger partial charge in [0.2, 0.25) is 0 Å². The lowest BCUT2D eigenvalue weighted by Crippen LogP contribution is -1.98. The molecule has 0 unspecified atom stereocenters. The van der Waals surface area contributed by atoms with Crippen molar-refractivity contribution in [3.8, 4) is 11.5 Å². The molecular formula is C20H17O3PS. The second-order valence-corrected chi connectivity index (χ2v) is 8.96. The van der Waals surface area contributed by atoms with Crippen LogP contribution >= 0.6 is 18.2 Å². The smallest absolute Gasteiger partial charge is 0.408 e. The maximum Gasteiger partial charge on any atom is 0.497 e. The molecule has 0 saturated heterocycles. The topological polar surface area (TPSA) is 35.5 Å². The molecule has 0 heterocycles. The van der Waals surface area contributed by atoms with Gasteiger partial charge in [0.1, 0.15) is 11.5 Å². The Kier molecular flexibility index (Phi) is 5.64. The minimum Gasteiger partial charge on any atom is -0.408 e. The largest absolute Gasteiger partial charge is 0.497 e.